The highest BCUT2D eigenvalue weighted by molar-refractivity contribution is 5.92. The predicted octanol–water partition coefficient (Wildman–Crippen LogP) is 5.04. The summed E-state index contributed by atoms with van der Waals surface area (Å²) in [5.41, 5.74) is 4.29. The fourth-order valence-corrected chi connectivity index (χ4v) is 3.94. The molecule has 0 unspecified atom stereocenters. The number of piperidine rings is 1. The van der Waals surface area contributed by atoms with Crippen molar-refractivity contribution < 1.29 is 4.79 Å². The first-order chi connectivity index (χ1) is 14.7. The molecular formula is C25H32N4O. The zero-order valence-corrected chi connectivity index (χ0v) is 18.3. The maximum atomic E-state index is 12.4. The van der Waals surface area contributed by atoms with Crippen LogP contribution in [0.3, 0.4) is 0 Å². The van der Waals surface area contributed by atoms with Gasteiger partial charge in [0.1, 0.15) is 6.33 Å². The third-order valence-electron chi connectivity index (χ3n) is 5.56. The quantitative estimate of drug-likeness (QED) is 0.647. The minimum Gasteiger partial charge on any atom is -0.325 e. The van der Waals surface area contributed by atoms with E-state index in [-0.39, 0.29) is 5.91 Å². The van der Waals surface area contributed by atoms with E-state index in [1.807, 2.05) is 44.2 Å². The predicted molar refractivity (Wildman–Crippen MR) is 124 cm³/mol. The molecule has 0 bridgehead atoms. The van der Waals surface area contributed by atoms with Crippen molar-refractivity contribution in [3.05, 3.63) is 66.1 Å². The lowest BCUT2D eigenvalue weighted by molar-refractivity contribution is -0.117. The van der Waals surface area contributed by atoms with Crippen LogP contribution in [0.1, 0.15) is 50.8 Å². The maximum Gasteiger partial charge on any atom is 0.238 e. The molecule has 2 heterocycles. The van der Waals surface area contributed by atoms with E-state index in [4.69, 9.17) is 0 Å². The summed E-state index contributed by atoms with van der Waals surface area (Å²) in [6, 6.07) is 16.3. The minimum absolute atomic E-state index is 0.0511. The maximum absolute atomic E-state index is 12.4. The van der Waals surface area contributed by atoms with Gasteiger partial charge < -0.3 is 5.32 Å². The average Bonchev–Trinajstić information content (AvgIpc) is 2.81. The van der Waals surface area contributed by atoms with Gasteiger partial charge in [-0.25, -0.2) is 9.97 Å². The second kappa shape index (κ2) is 10.8. The third-order valence-corrected chi connectivity index (χ3v) is 5.56. The first-order valence-electron chi connectivity index (χ1n) is 11.0. The van der Waals surface area contributed by atoms with Crippen LogP contribution in [0.25, 0.3) is 10.9 Å². The highest BCUT2D eigenvalue weighted by Crippen LogP contribution is 2.30. The lowest BCUT2D eigenvalue weighted by Gasteiger charge is -2.31. The lowest BCUT2D eigenvalue weighted by atomic mass is 9.91. The number of hydrogen-bond acceptors (Lipinski definition) is 4. The number of para-hydroxylation sites is 1. The van der Waals surface area contributed by atoms with E-state index < -0.39 is 0 Å². The Labute approximate surface area is 179 Å². The summed E-state index contributed by atoms with van der Waals surface area (Å²) >= 11 is 0. The fraction of sp³-hybridized carbons (Fsp3) is 0.400. The molecule has 1 amide bonds. The summed E-state index contributed by atoms with van der Waals surface area (Å²) in [7, 11) is 0. The average molecular weight is 405 g/mol. The Bertz CT molecular complexity index is 942. The van der Waals surface area contributed by atoms with Crippen molar-refractivity contribution in [2.45, 2.75) is 46.0 Å². The van der Waals surface area contributed by atoms with Crippen LogP contribution in [0.15, 0.2) is 54.9 Å². The topological polar surface area (TPSA) is 58.1 Å². The molecule has 3 aromatic rings. The van der Waals surface area contributed by atoms with E-state index >= 15 is 0 Å². The van der Waals surface area contributed by atoms with Gasteiger partial charge in [0, 0.05) is 17.0 Å². The standard InChI is InChI=1S/C23H26N4O.C2H6/c1-2-17-7-9-19(10-8-17)26-22(28)15-27-13-11-18(12-14-27)23-20-5-3-4-6-21(20)24-16-25-23;1-2/h3-10,16,18H,2,11-15H2,1H3,(H,26,28);1-2H3. The Kier molecular flexibility index (Phi) is 7.91. The van der Waals surface area contributed by atoms with Crippen LogP contribution < -0.4 is 5.32 Å². The molecule has 0 aliphatic carbocycles. The number of rotatable bonds is 5. The lowest BCUT2D eigenvalue weighted by Crippen LogP contribution is -2.38. The van der Waals surface area contributed by atoms with Gasteiger partial charge in [0.2, 0.25) is 5.91 Å². The summed E-state index contributed by atoms with van der Waals surface area (Å²) < 4.78 is 0. The second-order valence-electron chi connectivity index (χ2n) is 7.43. The number of carbonyl (C=O) groups is 1. The first-order valence-corrected chi connectivity index (χ1v) is 11.0. The van der Waals surface area contributed by atoms with Crippen molar-refractivity contribution in [2.24, 2.45) is 0 Å². The number of benzene rings is 2. The van der Waals surface area contributed by atoms with Gasteiger partial charge in [0.15, 0.2) is 0 Å². The summed E-state index contributed by atoms with van der Waals surface area (Å²) in [4.78, 5) is 23.6. The van der Waals surface area contributed by atoms with Gasteiger partial charge in [-0.2, -0.15) is 0 Å². The number of fused-ring (bicyclic) bond motifs is 1. The number of anilines is 1. The molecular weight excluding hydrogens is 372 g/mol. The number of hydrogen-bond donors (Lipinski definition) is 1. The van der Waals surface area contributed by atoms with Crippen LogP contribution in [0.2, 0.25) is 0 Å². The molecule has 1 saturated heterocycles. The van der Waals surface area contributed by atoms with E-state index in [1.165, 1.54) is 5.56 Å². The van der Waals surface area contributed by atoms with Crippen molar-refractivity contribution in [1.82, 2.24) is 14.9 Å². The molecule has 30 heavy (non-hydrogen) atoms. The van der Waals surface area contributed by atoms with E-state index in [9.17, 15) is 4.79 Å². The van der Waals surface area contributed by atoms with Crippen molar-refractivity contribution in [3.63, 3.8) is 0 Å². The van der Waals surface area contributed by atoms with Crippen LogP contribution in [-0.4, -0.2) is 40.4 Å². The summed E-state index contributed by atoms with van der Waals surface area (Å²) in [5.74, 6) is 0.476. The number of carbonyl (C=O) groups excluding carboxylic acids is 1. The zero-order valence-electron chi connectivity index (χ0n) is 18.3. The largest absolute Gasteiger partial charge is 0.325 e. The SMILES string of the molecule is CC.CCc1ccc(NC(=O)CN2CCC(c3ncnc4ccccc34)CC2)cc1. The van der Waals surface area contributed by atoms with Crippen molar-refractivity contribution in [1.29, 1.82) is 0 Å². The van der Waals surface area contributed by atoms with Crippen molar-refractivity contribution in [2.75, 3.05) is 25.0 Å². The Morgan fingerprint density at radius 3 is 2.43 bits per heavy atom. The van der Waals surface area contributed by atoms with E-state index in [0.29, 0.717) is 12.5 Å². The Morgan fingerprint density at radius 2 is 1.73 bits per heavy atom. The molecule has 1 aliphatic rings. The van der Waals surface area contributed by atoms with Crippen LogP contribution >= 0.6 is 0 Å². The number of aromatic nitrogens is 2. The molecule has 5 nitrogen and oxygen atoms in total. The van der Waals surface area contributed by atoms with Crippen LogP contribution in [0.4, 0.5) is 5.69 Å². The smallest absolute Gasteiger partial charge is 0.238 e. The summed E-state index contributed by atoms with van der Waals surface area (Å²) in [6.07, 6.45) is 4.70. The Balaban J connectivity index is 0.00000124. The molecule has 2 aromatic carbocycles. The van der Waals surface area contributed by atoms with Gasteiger partial charge in [-0.15, -0.1) is 0 Å². The molecule has 0 radical (unpaired) electrons. The molecule has 5 heteroatoms. The first kappa shape index (κ1) is 21.9. The molecule has 0 saturated carbocycles. The Morgan fingerprint density at radius 1 is 1.03 bits per heavy atom. The van der Waals surface area contributed by atoms with Crippen LogP contribution in [-0.2, 0) is 11.2 Å². The molecule has 0 spiro atoms. The fourth-order valence-electron chi connectivity index (χ4n) is 3.94. The molecule has 4 rings (SSSR count). The van der Waals surface area contributed by atoms with Crippen molar-refractivity contribution in [3.8, 4) is 0 Å². The monoisotopic (exact) mass is 404 g/mol. The van der Waals surface area contributed by atoms with Gasteiger partial charge >= 0.3 is 0 Å². The van der Waals surface area contributed by atoms with Gasteiger partial charge in [0.05, 0.1) is 17.8 Å². The number of nitrogens with one attached hydrogen (secondary N) is 1. The van der Waals surface area contributed by atoms with Crippen LogP contribution in [0.5, 0.6) is 0 Å². The summed E-state index contributed by atoms with van der Waals surface area (Å²) in [6.45, 7) is 8.38. The number of nitrogens with zero attached hydrogens (tertiary/aromatic N) is 3. The van der Waals surface area contributed by atoms with E-state index in [1.54, 1.807) is 6.33 Å². The molecule has 0 atom stereocenters. The van der Waals surface area contributed by atoms with Gasteiger partial charge in [-0.3, -0.25) is 9.69 Å². The number of amides is 1. The minimum atomic E-state index is 0.0511. The van der Waals surface area contributed by atoms with Crippen molar-refractivity contribution >= 4 is 22.5 Å². The molecule has 1 fully saturated rings. The molecule has 1 aromatic heterocycles. The highest BCUT2D eigenvalue weighted by atomic mass is 16.2. The second-order valence-corrected chi connectivity index (χ2v) is 7.43. The van der Waals surface area contributed by atoms with Gasteiger partial charge in [-0.05, 0) is 56.1 Å². The molecule has 1 aliphatic heterocycles. The van der Waals surface area contributed by atoms with E-state index in [0.717, 1.165) is 54.6 Å². The number of likely N-dealkylation sites (tertiary alicyclic amines) is 1. The zero-order chi connectivity index (χ0) is 21.3. The third kappa shape index (κ3) is 5.42. The summed E-state index contributed by atoms with van der Waals surface area (Å²) in [5, 5.41) is 4.16. The number of aryl methyl sites for hydroxylation is 1. The Hall–Kier alpha value is -2.79. The highest BCUT2D eigenvalue weighted by Gasteiger charge is 2.24. The van der Waals surface area contributed by atoms with Gasteiger partial charge in [0.25, 0.3) is 0 Å². The van der Waals surface area contributed by atoms with E-state index in [2.05, 4.69) is 45.3 Å². The van der Waals surface area contributed by atoms with Gasteiger partial charge in [-0.1, -0.05) is 51.1 Å². The molecule has 158 valence electrons. The molecule has 1 N–H and O–H groups in total. The van der Waals surface area contributed by atoms with Crippen LogP contribution in [0, 0.1) is 0 Å². The normalized spacial score (nSPS) is 14.8.